The number of carbonyl (C=O) groups excluding carboxylic acids is 1. The molecule has 0 aromatic heterocycles. The fraction of sp³-hybridized carbons (Fsp3) is 0.435. The fourth-order valence-electron chi connectivity index (χ4n) is 3.63. The summed E-state index contributed by atoms with van der Waals surface area (Å²) in [6, 6.07) is 12.4. The number of rotatable bonds is 8. The van der Waals surface area contributed by atoms with Gasteiger partial charge in [0.15, 0.2) is 0 Å². The van der Waals surface area contributed by atoms with Crippen molar-refractivity contribution >= 4 is 16.7 Å². The van der Waals surface area contributed by atoms with Crippen LogP contribution in [0.15, 0.2) is 49.1 Å². The Morgan fingerprint density at radius 3 is 2.35 bits per heavy atom. The van der Waals surface area contributed by atoms with Gasteiger partial charge in [-0.05, 0) is 57.4 Å². The average Bonchev–Trinajstić information content (AvgIpc) is 2.59. The number of carbonyl (C=O) groups is 1. The lowest BCUT2D eigenvalue weighted by Gasteiger charge is -2.32. The van der Waals surface area contributed by atoms with Crippen LogP contribution in [0, 0.1) is 0 Å². The minimum atomic E-state index is -0.165. The van der Waals surface area contributed by atoms with Crippen LogP contribution in [0.4, 0.5) is 0 Å². The van der Waals surface area contributed by atoms with Crippen LogP contribution in [0.2, 0.25) is 0 Å². The first-order valence-corrected chi connectivity index (χ1v) is 9.49. The summed E-state index contributed by atoms with van der Waals surface area (Å²) in [4.78, 5) is 15.6. The van der Waals surface area contributed by atoms with E-state index < -0.39 is 0 Å². The number of benzene rings is 2. The molecule has 1 atom stereocenters. The molecule has 1 amide bonds. The molecule has 0 radical (unpaired) electrons. The Hall–Kier alpha value is -2.13. The highest BCUT2D eigenvalue weighted by Crippen LogP contribution is 2.32. The van der Waals surface area contributed by atoms with Gasteiger partial charge in [-0.3, -0.25) is 4.79 Å². The van der Waals surface area contributed by atoms with E-state index in [1.54, 1.807) is 0 Å². The zero-order valence-corrected chi connectivity index (χ0v) is 16.7. The van der Waals surface area contributed by atoms with Crippen molar-refractivity contribution in [2.24, 2.45) is 0 Å². The SMILES string of the molecule is C=CCC(OCC)c1ccc2ccccc2c1C(=O)N(C(C)C)C(C)C. The van der Waals surface area contributed by atoms with Gasteiger partial charge in [-0.2, -0.15) is 0 Å². The Morgan fingerprint density at radius 2 is 1.77 bits per heavy atom. The van der Waals surface area contributed by atoms with E-state index in [0.29, 0.717) is 13.0 Å². The highest BCUT2D eigenvalue weighted by atomic mass is 16.5. The molecule has 0 aliphatic heterocycles. The van der Waals surface area contributed by atoms with Crippen molar-refractivity contribution in [2.75, 3.05) is 6.61 Å². The number of hydrogen-bond donors (Lipinski definition) is 0. The van der Waals surface area contributed by atoms with E-state index in [1.807, 2.05) is 48.2 Å². The standard InChI is InChI=1S/C23H31NO2/c1-7-11-21(26-8-2)20-15-14-18-12-9-10-13-19(18)22(20)23(25)24(16(3)4)17(5)6/h7,9-10,12-17,21H,1,8,11H2,2-6H3. The Bertz CT molecular complexity index is 756. The summed E-state index contributed by atoms with van der Waals surface area (Å²) in [5.74, 6) is 0.0653. The largest absolute Gasteiger partial charge is 0.373 e. The molecule has 2 aromatic rings. The van der Waals surface area contributed by atoms with E-state index in [-0.39, 0.29) is 24.1 Å². The van der Waals surface area contributed by atoms with E-state index >= 15 is 0 Å². The van der Waals surface area contributed by atoms with Crippen LogP contribution in [0.5, 0.6) is 0 Å². The second-order valence-corrected chi connectivity index (χ2v) is 7.12. The van der Waals surface area contributed by atoms with Crippen molar-refractivity contribution in [3.05, 3.63) is 60.2 Å². The van der Waals surface area contributed by atoms with E-state index in [9.17, 15) is 4.79 Å². The molecule has 0 saturated carbocycles. The monoisotopic (exact) mass is 353 g/mol. The molecule has 0 aliphatic rings. The summed E-state index contributed by atoms with van der Waals surface area (Å²) in [7, 11) is 0. The third-order valence-corrected chi connectivity index (χ3v) is 4.62. The van der Waals surface area contributed by atoms with Gasteiger partial charge in [0.05, 0.1) is 11.7 Å². The molecule has 0 fully saturated rings. The quantitative estimate of drug-likeness (QED) is 0.565. The van der Waals surface area contributed by atoms with Crippen LogP contribution in [-0.4, -0.2) is 29.5 Å². The Labute approximate surface area is 157 Å². The van der Waals surface area contributed by atoms with Crippen molar-refractivity contribution < 1.29 is 9.53 Å². The molecule has 3 nitrogen and oxygen atoms in total. The molecule has 140 valence electrons. The van der Waals surface area contributed by atoms with Crippen LogP contribution in [0.1, 0.15) is 63.1 Å². The van der Waals surface area contributed by atoms with Gasteiger partial charge in [0.2, 0.25) is 0 Å². The highest BCUT2D eigenvalue weighted by molar-refractivity contribution is 6.08. The first-order valence-electron chi connectivity index (χ1n) is 9.49. The molecular formula is C23H31NO2. The lowest BCUT2D eigenvalue weighted by atomic mass is 9.92. The van der Waals surface area contributed by atoms with Crippen LogP contribution in [-0.2, 0) is 4.74 Å². The zero-order valence-electron chi connectivity index (χ0n) is 16.7. The molecule has 2 aromatic carbocycles. The van der Waals surface area contributed by atoms with Crippen LogP contribution < -0.4 is 0 Å². The third kappa shape index (κ3) is 4.16. The molecule has 0 spiro atoms. The van der Waals surface area contributed by atoms with E-state index in [1.165, 1.54) is 0 Å². The summed E-state index contributed by atoms with van der Waals surface area (Å²) >= 11 is 0. The lowest BCUT2D eigenvalue weighted by molar-refractivity contribution is 0.0570. The van der Waals surface area contributed by atoms with Crippen LogP contribution in [0.25, 0.3) is 10.8 Å². The Balaban J connectivity index is 2.72. The summed E-state index contributed by atoms with van der Waals surface area (Å²) in [5, 5.41) is 2.05. The summed E-state index contributed by atoms with van der Waals surface area (Å²) in [6.45, 7) is 14.7. The maximum absolute atomic E-state index is 13.6. The number of fused-ring (bicyclic) bond motifs is 1. The highest BCUT2D eigenvalue weighted by Gasteiger charge is 2.28. The molecule has 0 aliphatic carbocycles. The maximum Gasteiger partial charge on any atom is 0.255 e. The van der Waals surface area contributed by atoms with Gasteiger partial charge in [0.25, 0.3) is 5.91 Å². The molecule has 0 heterocycles. The Kier molecular flexibility index (Phi) is 6.98. The van der Waals surface area contributed by atoms with Gasteiger partial charge in [0.1, 0.15) is 0 Å². The Morgan fingerprint density at radius 1 is 1.12 bits per heavy atom. The second-order valence-electron chi connectivity index (χ2n) is 7.12. The normalized spacial score (nSPS) is 12.6. The molecular weight excluding hydrogens is 322 g/mol. The van der Waals surface area contributed by atoms with Crippen molar-refractivity contribution in [1.82, 2.24) is 4.90 Å². The predicted octanol–water partition coefficient (Wildman–Crippen LogP) is 5.75. The van der Waals surface area contributed by atoms with Gasteiger partial charge in [-0.25, -0.2) is 0 Å². The zero-order chi connectivity index (χ0) is 19.3. The molecule has 1 unspecified atom stereocenters. The van der Waals surface area contributed by atoms with Crippen molar-refractivity contribution in [3.8, 4) is 0 Å². The topological polar surface area (TPSA) is 29.5 Å². The van der Waals surface area contributed by atoms with Gasteiger partial charge in [0, 0.05) is 18.7 Å². The van der Waals surface area contributed by atoms with E-state index in [2.05, 4.69) is 40.3 Å². The molecule has 26 heavy (non-hydrogen) atoms. The van der Waals surface area contributed by atoms with Gasteiger partial charge >= 0.3 is 0 Å². The van der Waals surface area contributed by atoms with Crippen molar-refractivity contribution in [2.45, 2.75) is 59.2 Å². The maximum atomic E-state index is 13.6. The van der Waals surface area contributed by atoms with Gasteiger partial charge in [-0.1, -0.05) is 42.5 Å². The fourth-order valence-corrected chi connectivity index (χ4v) is 3.63. The first kappa shape index (κ1) is 20.2. The molecule has 2 rings (SSSR count). The number of nitrogens with zero attached hydrogens (tertiary/aromatic N) is 1. The number of ether oxygens (including phenoxy) is 1. The van der Waals surface area contributed by atoms with E-state index in [4.69, 9.17) is 4.74 Å². The molecule has 0 saturated heterocycles. The van der Waals surface area contributed by atoms with Crippen molar-refractivity contribution in [3.63, 3.8) is 0 Å². The minimum Gasteiger partial charge on any atom is -0.373 e. The van der Waals surface area contributed by atoms with Gasteiger partial charge in [-0.15, -0.1) is 6.58 Å². The van der Waals surface area contributed by atoms with Gasteiger partial charge < -0.3 is 9.64 Å². The second kappa shape index (κ2) is 9.00. The van der Waals surface area contributed by atoms with Crippen LogP contribution in [0.3, 0.4) is 0 Å². The van der Waals surface area contributed by atoms with Crippen LogP contribution >= 0.6 is 0 Å². The third-order valence-electron chi connectivity index (χ3n) is 4.62. The summed E-state index contributed by atoms with van der Waals surface area (Å²) in [6.07, 6.45) is 2.37. The molecule has 0 N–H and O–H groups in total. The number of amides is 1. The lowest BCUT2D eigenvalue weighted by Crippen LogP contribution is -2.42. The smallest absolute Gasteiger partial charge is 0.255 e. The number of hydrogen-bond acceptors (Lipinski definition) is 2. The molecule has 3 heteroatoms. The van der Waals surface area contributed by atoms with Crippen molar-refractivity contribution in [1.29, 1.82) is 0 Å². The minimum absolute atomic E-state index is 0.0653. The van der Waals surface area contributed by atoms with E-state index in [0.717, 1.165) is 21.9 Å². The summed E-state index contributed by atoms with van der Waals surface area (Å²) < 4.78 is 5.97. The first-order chi connectivity index (χ1) is 12.4. The predicted molar refractivity (Wildman–Crippen MR) is 110 cm³/mol. The summed E-state index contributed by atoms with van der Waals surface area (Å²) in [5.41, 5.74) is 1.70. The average molecular weight is 354 g/mol. The molecule has 0 bridgehead atoms.